The first-order valence-electron chi connectivity index (χ1n) is 6.10. The number of nitrogens with zero attached hydrogens (tertiary/aromatic N) is 1. The summed E-state index contributed by atoms with van der Waals surface area (Å²) in [6, 6.07) is 16.0. The average Bonchev–Trinajstić information content (AvgIpc) is 2.48. The Morgan fingerprint density at radius 3 is 2.63 bits per heavy atom. The summed E-state index contributed by atoms with van der Waals surface area (Å²) in [5.41, 5.74) is 2.08. The number of pyridine rings is 1. The lowest BCUT2D eigenvalue weighted by Crippen LogP contribution is -1.92. The van der Waals surface area contributed by atoms with Crippen molar-refractivity contribution in [3.05, 3.63) is 60.9 Å². The number of rotatable bonds is 3. The maximum absolute atomic E-state index is 5.15. The SMILES string of the molecule is COc1ccc(Nc2cccc3ccncc23)cc1. The molecule has 0 aliphatic rings. The first kappa shape index (κ1) is 11.5. The van der Waals surface area contributed by atoms with Crippen molar-refractivity contribution < 1.29 is 4.74 Å². The van der Waals surface area contributed by atoms with E-state index in [2.05, 4.69) is 16.4 Å². The van der Waals surface area contributed by atoms with Crippen molar-refractivity contribution in [3.63, 3.8) is 0 Å². The topological polar surface area (TPSA) is 34.1 Å². The molecule has 1 heterocycles. The zero-order valence-corrected chi connectivity index (χ0v) is 10.6. The lowest BCUT2D eigenvalue weighted by atomic mass is 10.1. The second kappa shape index (κ2) is 4.98. The van der Waals surface area contributed by atoms with E-state index in [1.54, 1.807) is 13.3 Å². The molecule has 0 fully saturated rings. The quantitative estimate of drug-likeness (QED) is 0.763. The summed E-state index contributed by atoms with van der Waals surface area (Å²) >= 11 is 0. The van der Waals surface area contributed by atoms with Crippen LogP contribution in [-0.4, -0.2) is 12.1 Å². The first-order valence-corrected chi connectivity index (χ1v) is 6.10. The van der Waals surface area contributed by atoms with Crippen LogP contribution in [0.25, 0.3) is 10.8 Å². The zero-order valence-electron chi connectivity index (χ0n) is 10.6. The van der Waals surface area contributed by atoms with Crippen molar-refractivity contribution in [1.82, 2.24) is 4.98 Å². The first-order chi connectivity index (χ1) is 9.36. The lowest BCUT2D eigenvalue weighted by Gasteiger charge is -2.10. The predicted octanol–water partition coefficient (Wildman–Crippen LogP) is 3.99. The lowest BCUT2D eigenvalue weighted by molar-refractivity contribution is 0.415. The molecule has 0 saturated carbocycles. The number of anilines is 2. The van der Waals surface area contributed by atoms with Crippen LogP contribution in [0.5, 0.6) is 5.75 Å². The van der Waals surface area contributed by atoms with E-state index in [4.69, 9.17) is 4.74 Å². The molecule has 3 rings (SSSR count). The molecule has 1 N–H and O–H groups in total. The van der Waals surface area contributed by atoms with Gasteiger partial charge in [0.25, 0.3) is 0 Å². The molecule has 0 unspecified atom stereocenters. The molecular formula is C16H14N2O. The van der Waals surface area contributed by atoms with E-state index in [0.29, 0.717) is 0 Å². The van der Waals surface area contributed by atoms with Crippen molar-refractivity contribution in [3.8, 4) is 5.75 Å². The third-order valence-corrected chi connectivity index (χ3v) is 3.05. The Hall–Kier alpha value is -2.55. The molecule has 0 saturated heterocycles. The molecule has 19 heavy (non-hydrogen) atoms. The van der Waals surface area contributed by atoms with Crippen LogP contribution < -0.4 is 10.1 Å². The van der Waals surface area contributed by atoms with Gasteiger partial charge >= 0.3 is 0 Å². The van der Waals surface area contributed by atoms with E-state index in [9.17, 15) is 0 Å². The molecule has 3 nitrogen and oxygen atoms in total. The Labute approximate surface area is 111 Å². The molecule has 3 heteroatoms. The minimum absolute atomic E-state index is 0.852. The van der Waals surface area contributed by atoms with Gasteiger partial charge in [-0.15, -0.1) is 0 Å². The van der Waals surface area contributed by atoms with Gasteiger partial charge in [-0.1, -0.05) is 12.1 Å². The van der Waals surface area contributed by atoms with Gasteiger partial charge in [0.05, 0.1) is 7.11 Å². The van der Waals surface area contributed by atoms with Crippen molar-refractivity contribution in [2.24, 2.45) is 0 Å². The maximum atomic E-state index is 5.15. The van der Waals surface area contributed by atoms with Gasteiger partial charge in [0.15, 0.2) is 0 Å². The van der Waals surface area contributed by atoms with Crippen molar-refractivity contribution in [1.29, 1.82) is 0 Å². The Balaban J connectivity index is 1.96. The average molecular weight is 250 g/mol. The van der Waals surface area contributed by atoms with E-state index in [-0.39, 0.29) is 0 Å². The number of hydrogen-bond acceptors (Lipinski definition) is 3. The third kappa shape index (κ3) is 2.36. The Morgan fingerprint density at radius 2 is 1.84 bits per heavy atom. The molecule has 0 bridgehead atoms. The van der Waals surface area contributed by atoms with E-state index >= 15 is 0 Å². The summed E-state index contributed by atoms with van der Waals surface area (Å²) < 4.78 is 5.15. The van der Waals surface area contributed by atoms with Gasteiger partial charge in [-0.05, 0) is 41.8 Å². The zero-order chi connectivity index (χ0) is 13.1. The molecule has 0 amide bonds. The highest BCUT2D eigenvalue weighted by atomic mass is 16.5. The minimum atomic E-state index is 0.852. The van der Waals surface area contributed by atoms with Crippen LogP contribution in [0.15, 0.2) is 60.9 Å². The second-order valence-electron chi connectivity index (χ2n) is 4.26. The molecule has 0 radical (unpaired) electrons. The summed E-state index contributed by atoms with van der Waals surface area (Å²) in [6.45, 7) is 0. The van der Waals surface area contributed by atoms with E-state index in [1.165, 1.54) is 5.39 Å². The summed E-state index contributed by atoms with van der Waals surface area (Å²) in [5.74, 6) is 0.852. The largest absolute Gasteiger partial charge is 0.497 e. The van der Waals surface area contributed by atoms with Crippen LogP contribution in [-0.2, 0) is 0 Å². The summed E-state index contributed by atoms with van der Waals surface area (Å²) in [5, 5.41) is 5.69. The minimum Gasteiger partial charge on any atom is -0.497 e. The van der Waals surface area contributed by atoms with Crippen LogP contribution in [0.1, 0.15) is 0 Å². The number of hydrogen-bond donors (Lipinski definition) is 1. The highest BCUT2D eigenvalue weighted by molar-refractivity contribution is 5.94. The van der Waals surface area contributed by atoms with Crippen LogP contribution in [0.2, 0.25) is 0 Å². The van der Waals surface area contributed by atoms with Crippen molar-refractivity contribution in [2.75, 3.05) is 12.4 Å². The standard InChI is InChI=1S/C16H14N2O/c1-19-14-7-5-13(6-8-14)18-16-4-2-3-12-9-10-17-11-15(12)16/h2-11,18H,1H3. The Kier molecular flexibility index (Phi) is 3.02. The molecule has 2 aromatic carbocycles. The highest BCUT2D eigenvalue weighted by Gasteiger charge is 2.01. The van der Waals surface area contributed by atoms with Crippen LogP contribution in [0.3, 0.4) is 0 Å². The summed E-state index contributed by atoms with van der Waals surface area (Å²) in [7, 11) is 1.67. The van der Waals surface area contributed by atoms with Crippen LogP contribution in [0, 0.1) is 0 Å². The maximum Gasteiger partial charge on any atom is 0.119 e. The monoisotopic (exact) mass is 250 g/mol. The number of fused-ring (bicyclic) bond motifs is 1. The Bertz CT molecular complexity index is 687. The van der Waals surface area contributed by atoms with Gasteiger partial charge in [0, 0.05) is 29.2 Å². The number of ether oxygens (including phenoxy) is 1. The third-order valence-electron chi connectivity index (χ3n) is 3.05. The number of methoxy groups -OCH3 is 1. The fourth-order valence-corrected chi connectivity index (χ4v) is 2.05. The van der Waals surface area contributed by atoms with Crippen molar-refractivity contribution >= 4 is 22.1 Å². The number of nitrogens with one attached hydrogen (secondary N) is 1. The fourth-order valence-electron chi connectivity index (χ4n) is 2.05. The van der Waals surface area contributed by atoms with Gasteiger partial charge in [0.2, 0.25) is 0 Å². The molecule has 1 aromatic heterocycles. The molecule has 3 aromatic rings. The van der Waals surface area contributed by atoms with Gasteiger partial charge in [-0.2, -0.15) is 0 Å². The molecular weight excluding hydrogens is 236 g/mol. The summed E-state index contributed by atoms with van der Waals surface area (Å²) in [6.07, 6.45) is 3.68. The molecule has 0 atom stereocenters. The van der Waals surface area contributed by atoms with Gasteiger partial charge in [-0.25, -0.2) is 0 Å². The van der Waals surface area contributed by atoms with Crippen LogP contribution in [0.4, 0.5) is 11.4 Å². The van der Waals surface area contributed by atoms with Gasteiger partial charge < -0.3 is 10.1 Å². The van der Waals surface area contributed by atoms with Crippen LogP contribution >= 0.6 is 0 Å². The Morgan fingerprint density at radius 1 is 1.00 bits per heavy atom. The van der Waals surface area contributed by atoms with E-state index < -0.39 is 0 Å². The molecule has 94 valence electrons. The number of benzene rings is 2. The van der Waals surface area contributed by atoms with E-state index in [1.807, 2.05) is 48.7 Å². The van der Waals surface area contributed by atoms with Crippen molar-refractivity contribution in [2.45, 2.75) is 0 Å². The normalized spacial score (nSPS) is 10.4. The van der Waals surface area contributed by atoms with E-state index in [0.717, 1.165) is 22.5 Å². The fraction of sp³-hybridized carbons (Fsp3) is 0.0625. The number of aromatic nitrogens is 1. The highest BCUT2D eigenvalue weighted by Crippen LogP contribution is 2.26. The molecule has 0 aliphatic carbocycles. The smallest absolute Gasteiger partial charge is 0.119 e. The predicted molar refractivity (Wildman–Crippen MR) is 78.0 cm³/mol. The summed E-state index contributed by atoms with van der Waals surface area (Å²) in [4.78, 5) is 4.18. The van der Waals surface area contributed by atoms with Gasteiger partial charge in [-0.3, -0.25) is 4.98 Å². The molecule has 0 spiro atoms. The molecule has 0 aliphatic heterocycles. The second-order valence-corrected chi connectivity index (χ2v) is 4.26. The van der Waals surface area contributed by atoms with Gasteiger partial charge in [0.1, 0.15) is 5.75 Å².